The number of ether oxygens (including phenoxy) is 2. The van der Waals surface area contributed by atoms with Gasteiger partial charge in [-0.1, -0.05) is 0 Å². The molecule has 23 heavy (non-hydrogen) atoms. The van der Waals surface area contributed by atoms with E-state index < -0.39 is 17.7 Å². The number of amides is 2. The molecule has 6 nitrogen and oxygen atoms in total. The van der Waals surface area contributed by atoms with Crippen molar-refractivity contribution in [3.63, 3.8) is 0 Å². The number of thioether (sulfide) groups is 1. The summed E-state index contributed by atoms with van der Waals surface area (Å²) in [5, 5.41) is 2.95. The molecule has 0 aromatic carbocycles. The molecule has 7 heteroatoms. The van der Waals surface area contributed by atoms with Gasteiger partial charge in [-0.3, -0.25) is 4.79 Å². The Labute approximate surface area is 142 Å². The third-order valence-electron chi connectivity index (χ3n) is 4.01. The molecule has 0 spiro atoms. The maximum Gasteiger partial charge on any atom is 0.408 e. The van der Waals surface area contributed by atoms with Crippen molar-refractivity contribution in [1.82, 2.24) is 10.2 Å². The monoisotopic (exact) mass is 344 g/mol. The first-order valence-corrected chi connectivity index (χ1v) is 9.29. The van der Waals surface area contributed by atoms with Crippen LogP contribution in [-0.2, 0) is 14.3 Å². The second kappa shape index (κ2) is 7.75. The Kier molecular flexibility index (Phi) is 6.19. The molecule has 0 unspecified atom stereocenters. The van der Waals surface area contributed by atoms with Crippen LogP contribution in [0, 0.1) is 0 Å². The number of hydrogen-bond donors (Lipinski definition) is 1. The number of hydrogen-bond acceptors (Lipinski definition) is 5. The normalized spacial score (nSPS) is 28.8. The highest BCUT2D eigenvalue weighted by Crippen LogP contribution is 2.34. The minimum absolute atomic E-state index is 0.00684. The van der Waals surface area contributed by atoms with Gasteiger partial charge in [0.25, 0.3) is 0 Å². The van der Waals surface area contributed by atoms with Crippen LogP contribution in [0.2, 0.25) is 0 Å². The molecule has 2 aliphatic rings. The Morgan fingerprint density at radius 2 is 2.09 bits per heavy atom. The summed E-state index contributed by atoms with van der Waals surface area (Å²) in [7, 11) is 1.66. The van der Waals surface area contributed by atoms with Crippen LogP contribution in [0.3, 0.4) is 0 Å². The van der Waals surface area contributed by atoms with Crippen LogP contribution in [0.5, 0.6) is 0 Å². The predicted octanol–water partition coefficient (Wildman–Crippen LogP) is 2.37. The molecule has 0 bridgehead atoms. The van der Waals surface area contributed by atoms with E-state index in [4.69, 9.17) is 9.47 Å². The van der Waals surface area contributed by atoms with Crippen molar-refractivity contribution in [1.29, 1.82) is 0 Å². The first kappa shape index (κ1) is 18.4. The molecule has 1 N–H and O–H groups in total. The summed E-state index contributed by atoms with van der Waals surface area (Å²) in [5.74, 6) is 0.847. The lowest BCUT2D eigenvalue weighted by atomic mass is 10.0. The first-order chi connectivity index (χ1) is 10.8. The van der Waals surface area contributed by atoms with Gasteiger partial charge in [-0.2, -0.15) is 0 Å². The number of carbonyl (C=O) groups is 2. The number of methoxy groups -OCH3 is 1. The number of carbonyl (C=O) groups excluding carboxylic acids is 2. The molecule has 132 valence electrons. The summed E-state index contributed by atoms with van der Waals surface area (Å²) < 4.78 is 10.6. The molecular formula is C16H28N2O4S. The molecular weight excluding hydrogens is 316 g/mol. The van der Waals surface area contributed by atoms with Crippen LogP contribution < -0.4 is 5.32 Å². The Hall–Kier alpha value is -0.950. The van der Waals surface area contributed by atoms with E-state index in [-0.39, 0.29) is 17.3 Å². The summed E-state index contributed by atoms with van der Waals surface area (Å²) in [5.41, 5.74) is -0.571. The van der Waals surface area contributed by atoms with E-state index in [1.807, 2.05) is 25.7 Å². The van der Waals surface area contributed by atoms with Gasteiger partial charge in [0.1, 0.15) is 11.6 Å². The second-order valence-corrected chi connectivity index (χ2v) is 8.38. The lowest BCUT2D eigenvalue weighted by molar-refractivity contribution is -0.139. The predicted molar refractivity (Wildman–Crippen MR) is 90.4 cm³/mol. The maximum absolute atomic E-state index is 13.0. The highest BCUT2D eigenvalue weighted by Gasteiger charge is 2.40. The minimum atomic E-state index is -0.571. The van der Waals surface area contributed by atoms with Crippen molar-refractivity contribution in [3.05, 3.63) is 0 Å². The lowest BCUT2D eigenvalue weighted by Crippen LogP contribution is -2.56. The second-order valence-electron chi connectivity index (χ2n) is 7.10. The number of alkyl carbamates (subject to hydrolysis) is 1. The van der Waals surface area contributed by atoms with Crippen molar-refractivity contribution in [2.45, 2.75) is 69.5 Å². The highest BCUT2D eigenvalue weighted by atomic mass is 32.2. The van der Waals surface area contributed by atoms with Crippen LogP contribution in [0.1, 0.15) is 46.5 Å². The van der Waals surface area contributed by atoms with Crippen LogP contribution in [0.4, 0.5) is 4.79 Å². The third kappa shape index (κ3) is 5.01. The Bertz CT molecular complexity index is 436. The summed E-state index contributed by atoms with van der Waals surface area (Å²) in [4.78, 5) is 26.9. The van der Waals surface area contributed by atoms with Crippen LogP contribution in [0.15, 0.2) is 0 Å². The molecule has 0 radical (unpaired) electrons. The molecule has 2 aliphatic heterocycles. The maximum atomic E-state index is 13.0. The van der Waals surface area contributed by atoms with E-state index in [9.17, 15) is 9.59 Å². The molecule has 0 aromatic rings. The fourth-order valence-corrected chi connectivity index (χ4v) is 4.51. The standard InChI is InChI=1S/C16H28N2O4S/c1-16(2,3)22-15(20)17-12-8-9-23-13-7-5-6-11(10-21-4)18(13)14(12)19/h11-13H,5-10H2,1-4H3,(H,17,20)/t11-,12-,13-/m0/s1. The Morgan fingerprint density at radius 1 is 1.35 bits per heavy atom. The van der Waals surface area contributed by atoms with E-state index in [1.165, 1.54) is 0 Å². The van der Waals surface area contributed by atoms with Crippen molar-refractivity contribution in [2.24, 2.45) is 0 Å². The van der Waals surface area contributed by atoms with Gasteiger partial charge >= 0.3 is 6.09 Å². The van der Waals surface area contributed by atoms with Gasteiger partial charge in [-0.05, 0) is 52.2 Å². The molecule has 2 rings (SSSR count). The smallest absolute Gasteiger partial charge is 0.408 e. The summed E-state index contributed by atoms with van der Waals surface area (Å²) in [6.07, 6.45) is 3.18. The van der Waals surface area contributed by atoms with E-state index in [1.54, 1.807) is 18.9 Å². The van der Waals surface area contributed by atoms with E-state index >= 15 is 0 Å². The molecule has 0 saturated carbocycles. The molecule has 2 amide bonds. The average Bonchev–Trinajstić information content (AvgIpc) is 2.58. The van der Waals surface area contributed by atoms with Gasteiger partial charge in [0.2, 0.25) is 5.91 Å². The Morgan fingerprint density at radius 3 is 2.74 bits per heavy atom. The molecule has 2 heterocycles. The molecule has 0 aromatic heterocycles. The van der Waals surface area contributed by atoms with Crippen LogP contribution in [0.25, 0.3) is 0 Å². The summed E-state index contributed by atoms with van der Waals surface area (Å²) in [6.45, 7) is 5.98. The van der Waals surface area contributed by atoms with Gasteiger partial charge in [0.05, 0.1) is 18.0 Å². The quantitative estimate of drug-likeness (QED) is 0.851. The molecule has 0 aliphatic carbocycles. The number of piperidine rings is 1. The number of nitrogens with zero attached hydrogens (tertiary/aromatic N) is 1. The third-order valence-corrected chi connectivity index (χ3v) is 5.33. The van der Waals surface area contributed by atoms with Gasteiger partial charge in [-0.25, -0.2) is 4.79 Å². The molecule has 2 fully saturated rings. The van der Waals surface area contributed by atoms with Gasteiger partial charge in [0.15, 0.2) is 0 Å². The highest BCUT2D eigenvalue weighted by molar-refractivity contribution is 7.99. The minimum Gasteiger partial charge on any atom is -0.444 e. The van der Waals surface area contributed by atoms with E-state index in [2.05, 4.69) is 5.32 Å². The zero-order chi connectivity index (χ0) is 17.0. The summed E-state index contributed by atoms with van der Waals surface area (Å²) in [6, 6.07) is -0.417. The Balaban J connectivity index is 2.07. The fourth-order valence-electron chi connectivity index (χ4n) is 3.09. The molecule has 3 atom stereocenters. The van der Waals surface area contributed by atoms with Gasteiger partial charge in [0, 0.05) is 7.11 Å². The van der Waals surface area contributed by atoms with Crippen molar-refractivity contribution in [3.8, 4) is 0 Å². The number of nitrogens with one attached hydrogen (secondary N) is 1. The largest absolute Gasteiger partial charge is 0.444 e. The van der Waals surface area contributed by atoms with Crippen molar-refractivity contribution in [2.75, 3.05) is 19.5 Å². The topological polar surface area (TPSA) is 67.9 Å². The number of fused-ring (bicyclic) bond motifs is 1. The van der Waals surface area contributed by atoms with Gasteiger partial charge in [-0.15, -0.1) is 11.8 Å². The zero-order valence-corrected chi connectivity index (χ0v) is 15.3. The number of rotatable bonds is 3. The first-order valence-electron chi connectivity index (χ1n) is 8.24. The van der Waals surface area contributed by atoms with Crippen LogP contribution in [-0.4, -0.2) is 59.4 Å². The van der Waals surface area contributed by atoms with E-state index in [0.717, 1.165) is 25.0 Å². The van der Waals surface area contributed by atoms with Crippen molar-refractivity contribution < 1.29 is 19.1 Å². The van der Waals surface area contributed by atoms with Gasteiger partial charge < -0.3 is 19.7 Å². The van der Waals surface area contributed by atoms with E-state index in [0.29, 0.717) is 13.0 Å². The fraction of sp³-hybridized carbons (Fsp3) is 0.875. The lowest BCUT2D eigenvalue weighted by Gasteiger charge is -2.41. The summed E-state index contributed by atoms with van der Waals surface area (Å²) >= 11 is 1.80. The average molecular weight is 344 g/mol. The van der Waals surface area contributed by atoms with Crippen molar-refractivity contribution >= 4 is 23.8 Å². The molecule has 2 saturated heterocycles. The SMILES string of the molecule is COC[C@@H]1CCC[C@@H]2SCC[C@H](NC(=O)OC(C)(C)C)C(=O)N12. The zero-order valence-electron chi connectivity index (χ0n) is 14.5. The van der Waals surface area contributed by atoms with Crippen LogP contribution >= 0.6 is 11.8 Å².